The number of rotatable bonds is 4. The molecular formula is C13H24N4OS. The maximum absolute atomic E-state index is 9.20. The van der Waals surface area contributed by atoms with E-state index in [0.717, 1.165) is 31.6 Å². The zero-order valence-corrected chi connectivity index (χ0v) is 12.9. The molecule has 0 spiro atoms. The van der Waals surface area contributed by atoms with Crippen molar-refractivity contribution in [1.29, 1.82) is 0 Å². The number of hydrogen-bond acceptors (Lipinski definition) is 4. The Morgan fingerprint density at radius 3 is 2.47 bits per heavy atom. The van der Waals surface area contributed by atoms with Gasteiger partial charge in [-0.3, -0.25) is 4.90 Å². The summed E-state index contributed by atoms with van der Waals surface area (Å²) in [7, 11) is 1.85. The molecule has 0 aliphatic carbocycles. The van der Waals surface area contributed by atoms with Gasteiger partial charge in [-0.15, -0.1) is 0 Å². The first kappa shape index (κ1) is 14.7. The fourth-order valence-electron chi connectivity index (χ4n) is 2.71. The number of aliphatic hydroxyl groups is 1. The summed E-state index contributed by atoms with van der Waals surface area (Å²) < 4.78 is 4.27. The molecule has 5 nitrogen and oxygen atoms in total. The van der Waals surface area contributed by atoms with E-state index >= 15 is 0 Å². The molecule has 2 rings (SSSR count). The second-order valence-electron chi connectivity index (χ2n) is 5.76. The summed E-state index contributed by atoms with van der Waals surface area (Å²) in [6.45, 7) is 7.50. The van der Waals surface area contributed by atoms with Crippen LogP contribution in [-0.4, -0.2) is 37.4 Å². The highest BCUT2D eigenvalue weighted by atomic mass is 32.1. The molecule has 1 N–H and O–H groups in total. The summed E-state index contributed by atoms with van der Waals surface area (Å²) in [5.74, 6) is 2.25. The Balaban J connectivity index is 1.98. The van der Waals surface area contributed by atoms with Gasteiger partial charge in [-0.25, -0.2) is 4.68 Å². The van der Waals surface area contributed by atoms with Crippen LogP contribution in [0, 0.1) is 16.6 Å². The van der Waals surface area contributed by atoms with Crippen molar-refractivity contribution in [1.82, 2.24) is 19.2 Å². The van der Waals surface area contributed by atoms with Gasteiger partial charge < -0.3 is 9.67 Å². The van der Waals surface area contributed by atoms with E-state index in [9.17, 15) is 5.11 Å². The summed E-state index contributed by atoms with van der Waals surface area (Å²) >= 11 is 5.34. The van der Waals surface area contributed by atoms with E-state index in [0.29, 0.717) is 10.6 Å². The van der Waals surface area contributed by atoms with Crippen molar-refractivity contribution in [3.8, 4) is 0 Å². The van der Waals surface area contributed by atoms with Gasteiger partial charge in [0.2, 0.25) is 0 Å². The lowest BCUT2D eigenvalue weighted by molar-refractivity contribution is 0.121. The molecule has 0 radical (unpaired) electrons. The number of piperidine rings is 1. The number of aliphatic hydroxyl groups excluding tert-OH is 1. The molecule has 1 aromatic rings. The largest absolute Gasteiger partial charge is 0.388 e. The van der Waals surface area contributed by atoms with Gasteiger partial charge >= 0.3 is 0 Å². The molecular weight excluding hydrogens is 260 g/mol. The molecule has 0 atom stereocenters. The van der Waals surface area contributed by atoms with E-state index in [1.54, 1.807) is 4.57 Å². The molecule has 0 bridgehead atoms. The molecule has 1 aliphatic heterocycles. The third-order valence-corrected chi connectivity index (χ3v) is 4.67. The summed E-state index contributed by atoms with van der Waals surface area (Å²) in [6.07, 6.45) is 2.51. The highest BCUT2D eigenvalue weighted by Gasteiger charge is 2.22. The van der Waals surface area contributed by atoms with Gasteiger partial charge in [0, 0.05) is 20.1 Å². The van der Waals surface area contributed by atoms with Gasteiger partial charge in [0.05, 0.1) is 6.67 Å². The molecule has 19 heavy (non-hydrogen) atoms. The van der Waals surface area contributed by atoms with Crippen molar-refractivity contribution in [2.45, 2.75) is 40.0 Å². The Morgan fingerprint density at radius 1 is 1.37 bits per heavy atom. The summed E-state index contributed by atoms with van der Waals surface area (Å²) in [6, 6.07) is 0. The maximum Gasteiger partial charge on any atom is 0.198 e. The Bertz CT molecular complexity index is 471. The average Bonchev–Trinajstić information content (AvgIpc) is 2.67. The second kappa shape index (κ2) is 6.15. The van der Waals surface area contributed by atoms with Crippen molar-refractivity contribution < 1.29 is 5.11 Å². The van der Waals surface area contributed by atoms with Crippen molar-refractivity contribution in [3.05, 3.63) is 10.6 Å². The topological polar surface area (TPSA) is 46.2 Å². The summed E-state index contributed by atoms with van der Waals surface area (Å²) in [5, 5.41) is 13.6. The number of hydrogen-bond donors (Lipinski definition) is 1. The van der Waals surface area contributed by atoms with Gasteiger partial charge in [-0.2, -0.15) is 5.10 Å². The average molecular weight is 284 g/mol. The Morgan fingerprint density at radius 2 is 2.00 bits per heavy atom. The van der Waals surface area contributed by atoms with E-state index in [-0.39, 0.29) is 6.61 Å². The number of nitrogens with zero attached hydrogens (tertiary/aromatic N) is 4. The lowest BCUT2D eigenvalue weighted by Crippen LogP contribution is -2.36. The van der Waals surface area contributed by atoms with Gasteiger partial charge in [-0.1, -0.05) is 13.8 Å². The van der Waals surface area contributed by atoms with Crippen molar-refractivity contribution in [2.24, 2.45) is 18.9 Å². The predicted octanol–water partition coefficient (Wildman–Crippen LogP) is 1.77. The monoisotopic (exact) mass is 284 g/mol. The standard InChI is InChI=1S/C13H24N4OS/c1-10(2)11-4-6-16(7-5-11)9-17-13(19)15(3)12(8-18)14-17/h10-11,18H,4-9H2,1-3H3. The molecule has 1 aromatic heterocycles. The molecule has 0 saturated carbocycles. The lowest BCUT2D eigenvalue weighted by atomic mass is 9.87. The summed E-state index contributed by atoms with van der Waals surface area (Å²) in [5.41, 5.74) is 0. The molecule has 1 saturated heterocycles. The maximum atomic E-state index is 9.20. The van der Waals surface area contributed by atoms with Crippen LogP contribution in [0.4, 0.5) is 0 Å². The van der Waals surface area contributed by atoms with E-state index < -0.39 is 0 Å². The first-order valence-electron chi connectivity index (χ1n) is 6.98. The Labute approximate surface area is 119 Å². The Hall–Kier alpha value is -0.720. The van der Waals surface area contributed by atoms with Gasteiger partial charge in [0.15, 0.2) is 10.6 Å². The van der Waals surface area contributed by atoms with Crippen LogP contribution in [0.2, 0.25) is 0 Å². The molecule has 0 amide bonds. The predicted molar refractivity (Wildman–Crippen MR) is 77.1 cm³/mol. The molecule has 1 fully saturated rings. The van der Waals surface area contributed by atoms with E-state index in [1.807, 2.05) is 11.7 Å². The third-order valence-electron chi connectivity index (χ3n) is 4.18. The molecule has 1 aliphatic rings. The van der Waals surface area contributed by atoms with E-state index in [1.165, 1.54) is 12.8 Å². The van der Waals surface area contributed by atoms with Crippen LogP contribution in [0.25, 0.3) is 0 Å². The normalized spacial score (nSPS) is 18.4. The quantitative estimate of drug-likeness (QED) is 0.856. The second-order valence-corrected chi connectivity index (χ2v) is 6.12. The molecule has 108 valence electrons. The first-order chi connectivity index (χ1) is 9.02. The highest BCUT2D eigenvalue weighted by molar-refractivity contribution is 7.71. The fraction of sp³-hybridized carbons (Fsp3) is 0.846. The first-order valence-corrected chi connectivity index (χ1v) is 7.39. The van der Waals surface area contributed by atoms with Crippen LogP contribution >= 0.6 is 12.2 Å². The van der Waals surface area contributed by atoms with Gasteiger partial charge in [-0.05, 0) is 36.9 Å². The molecule has 0 unspecified atom stereocenters. The highest BCUT2D eigenvalue weighted by Crippen LogP contribution is 2.24. The third kappa shape index (κ3) is 3.24. The van der Waals surface area contributed by atoms with Crippen LogP contribution in [0.3, 0.4) is 0 Å². The van der Waals surface area contributed by atoms with Gasteiger partial charge in [0.25, 0.3) is 0 Å². The van der Waals surface area contributed by atoms with Crippen LogP contribution in [0.15, 0.2) is 0 Å². The molecule has 2 heterocycles. The molecule has 6 heteroatoms. The van der Waals surface area contributed by atoms with Crippen LogP contribution < -0.4 is 0 Å². The van der Waals surface area contributed by atoms with E-state index in [4.69, 9.17) is 12.2 Å². The van der Waals surface area contributed by atoms with Crippen LogP contribution in [-0.2, 0) is 20.3 Å². The van der Waals surface area contributed by atoms with Crippen LogP contribution in [0.5, 0.6) is 0 Å². The fourth-order valence-corrected chi connectivity index (χ4v) is 2.92. The minimum atomic E-state index is -0.0669. The zero-order valence-electron chi connectivity index (χ0n) is 12.0. The van der Waals surface area contributed by atoms with Crippen molar-refractivity contribution >= 4 is 12.2 Å². The number of likely N-dealkylation sites (tertiary alicyclic amines) is 1. The zero-order chi connectivity index (χ0) is 14.0. The smallest absolute Gasteiger partial charge is 0.198 e. The Kier molecular flexibility index (Phi) is 4.76. The number of aromatic nitrogens is 3. The van der Waals surface area contributed by atoms with Gasteiger partial charge in [0.1, 0.15) is 6.61 Å². The van der Waals surface area contributed by atoms with E-state index in [2.05, 4.69) is 23.8 Å². The van der Waals surface area contributed by atoms with Crippen LogP contribution in [0.1, 0.15) is 32.5 Å². The minimum Gasteiger partial charge on any atom is -0.388 e. The summed E-state index contributed by atoms with van der Waals surface area (Å²) in [4.78, 5) is 2.39. The van der Waals surface area contributed by atoms with Crippen molar-refractivity contribution in [2.75, 3.05) is 13.1 Å². The molecule has 0 aromatic carbocycles. The van der Waals surface area contributed by atoms with Crippen molar-refractivity contribution in [3.63, 3.8) is 0 Å². The SMILES string of the molecule is CC(C)C1CCN(Cn2nc(CO)n(C)c2=S)CC1. The minimum absolute atomic E-state index is 0.0669. The lowest BCUT2D eigenvalue weighted by Gasteiger charge is -2.33.